The van der Waals surface area contributed by atoms with Gasteiger partial charge in [-0.1, -0.05) is 79.0 Å². The molecule has 22 heavy (non-hydrogen) atoms. The average Bonchev–Trinajstić information content (AvgIpc) is 2.53. The third-order valence-corrected chi connectivity index (χ3v) is 5.32. The SMILES string of the molecule is CCc1ccc(C(O)c2ccc(C(Br)Br)cc2Br)cc1OC. The van der Waals surface area contributed by atoms with Crippen LogP contribution in [0.15, 0.2) is 40.9 Å². The molecule has 2 aromatic carbocycles. The molecule has 0 aliphatic rings. The Morgan fingerprint density at radius 1 is 1.09 bits per heavy atom. The van der Waals surface area contributed by atoms with Gasteiger partial charge < -0.3 is 9.84 Å². The van der Waals surface area contributed by atoms with Crippen LogP contribution in [0.1, 0.15) is 39.0 Å². The fraction of sp³-hybridized carbons (Fsp3) is 0.294. The van der Waals surface area contributed by atoms with Gasteiger partial charge in [-0.15, -0.1) is 0 Å². The summed E-state index contributed by atoms with van der Waals surface area (Å²) in [6, 6.07) is 11.8. The van der Waals surface area contributed by atoms with Crippen molar-refractivity contribution >= 4 is 47.8 Å². The van der Waals surface area contributed by atoms with Crippen LogP contribution in [0, 0.1) is 0 Å². The molecule has 1 atom stereocenters. The molecule has 0 aliphatic heterocycles. The van der Waals surface area contributed by atoms with E-state index < -0.39 is 6.10 Å². The smallest absolute Gasteiger partial charge is 0.122 e. The quantitative estimate of drug-likeness (QED) is 0.527. The van der Waals surface area contributed by atoms with Crippen molar-refractivity contribution in [1.82, 2.24) is 0 Å². The van der Waals surface area contributed by atoms with E-state index in [0.29, 0.717) is 0 Å². The number of hydrogen-bond donors (Lipinski definition) is 1. The Morgan fingerprint density at radius 2 is 1.77 bits per heavy atom. The second-order valence-corrected chi connectivity index (χ2v) is 8.82. The van der Waals surface area contributed by atoms with Gasteiger partial charge in [0.25, 0.3) is 0 Å². The van der Waals surface area contributed by atoms with Gasteiger partial charge in [0.2, 0.25) is 0 Å². The monoisotopic (exact) mass is 490 g/mol. The lowest BCUT2D eigenvalue weighted by Gasteiger charge is -2.17. The molecule has 0 aliphatic carbocycles. The number of aliphatic hydroxyl groups excluding tert-OH is 1. The zero-order chi connectivity index (χ0) is 16.3. The van der Waals surface area contributed by atoms with E-state index in [1.807, 2.05) is 36.4 Å². The Kier molecular flexibility index (Phi) is 6.50. The number of methoxy groups -OCH3 is 1. The first kappa shape index (κ1) is 18.0. The molecule has 0 bridgehead atoms. The summed E-state index contributed by atoms with van der Waals surface area (Å²) in [6.07, 6.45) is 0.197. The molecule has 2 aromatic rings. The first-order valence-electron chi connectivity index (χ1n) is 6.90. The largest absolute Gasteiger partial charge is 0.496 e. The maximum atomic E-state index is 10.7. The standard InChI is InChI=1S/C17H17Br3O2/c1-3-10-4-5-11(9-15(10)22-2)16(21)13-7-6-12(17(19)20)8-14(13)18/h4-9,16-17,21H,3H2,1-2H3. The Labute approximate surface area is 156 Å². The summed E-state index contributed by atoms with van der Waals surface area (Å²) >= 11 is 10.5. The van der Waals surface area contributed by atoms with Gasteiger partial charge in [-0.25, -0.2) is 0 Å². The zero-order valence-corrected chi connectivity index (χ0v) is 17.1. The van der Waals surface area contributed by atoms with Gasteiger partial charge in [0.1, 0.15) is 11.9 Å². The summed E-state index contributed by atoms with van der Waals surface area (Å²) in [4.78, 5) is 0. The molecule has 0 fully saturated rings. The van der Waals surface area contributed by atoms with E-state index in [1.165, 1.54) is 0 Å². The molecule has 0 amide bonds. The minimum atomic E-state index is -0.702. The third kappa shape index (κ3) is 3.94. The Balaban J connectivity index is 2.37. The summed E-state index contributed by atoms with van der Waals surface area (Å²) in [7, 11) is 1.65. The molecule has 0 saturated heterocycles. The fourth-order valence-electron chi connectivity index (χ4n) is 2.30. The van der Waals surface area contributed by atoms with Crippen LogP contribution >= 0.6 is 47.8 Å². The summed E-state index contributed by atoms with van der Waals surface area (Å²) in [6.45, 7) is 2.08. The number of benzene rings is 2. The summed E-state index contributed by atoms with van der Waals surface area (Å²) < 4.78 is 6.37. The van der Waals surface area contributed by atoms with Crippen molar-refractivity contribution in [3.8, 4) is 5.75 Å². The van der Waals surface area contributed by atoms with Gasteiger partial charge in [-0.05, 0) is 40.8 Å². The molecule has 0 radical (unpaired) electrons. The fourth-order valence-corrected chi connectivity index (χ4v) is 3.49. The van der Waals surface area contributed by atoms with Crippen LogP contribution in [0.4, 0.5) is 0 Å². The summed E-state index contributed by atoms with van der Waals surface area (Å²) in [5.41, 5.74) is 3.86. The third-order valence-electron chi connectivity index (χ3n) is 3.58. The molecule has 2 nitrogen and oxygen atoms in total. The molecule has 0 saturated carbocycles. The van der Waals surface area contributed by atoms with E-state index in [-0.39, 0.29) is 3.74 Å². The Hall–Kier alpha value is -0.360. The van der Waals surface area contributed by atoms with Crippen LogP contribution in [0.3, 0.4) is 0 Å². The lowest BCUT2D eigenvalue weighted by molar-refractivity contribution is 0.219. The number of rotatable bonds is 5. The number of aliphatic hydroxyl groups is 1. The number of hydrogen-bond acceptors (Lipinski definition) is 2. The lowest BCUT2D eigenvalue weighted by atomic mass is 9.98. The normalized spacial score (nSPS) is 12.5. The van der Waals surface area contributed by atoms with Crippen molar-refractivity contribution in [1.29, 1.82) is 0 Å². The van der Waals surface area contributed by atoms with E-state index in [9.17, 15) is 5.11 Å². The van der Waals surface area contributed by atoms with Crippen LogP contribution in [0.25, 0.3) is 0 Å². The number of halogens is 3. The predicted octanol–water partition coefficient (Wildman–Crippen LogP) is 5.89. The van der Waals surface area contributed by atoms with Crippen molar-refractivity contribution in [3.63, 3.8) is 0 Å². The molecule has 0 heterocycles. The van der Waals surface area contributed by atoms with Crippen molar-refractivity contribution in [2.75, 3.05) is 7.11 Å². The first-order chi connectivity index (χ1) is 10.5. The molecular weight excluding hydrogens is 476 g/mol. The van der Waals surface area contributed by atoms with Crippen molar-refractivity contribution < 1.29 is 9.84 Å². The summed E-state index contributed by atoms with van der Waals surface area (Å²) in [5.74, 6) is 0.813. The van der Waals surface area contributed by atoms with E-state index in [1.54, 1.807) is 7.11 Å². The predicted molar refractivity (Wildman–Crippen MR) is 101 cm³/mol. The van der Waals surface area contributed by atoms with Crippen LogP contribution in [0.2, 0.25) is 0 Å². The van der Waals surface area contributed by atoms with Crippen LogP contribution in [0.5, 0.6) is 5.75 Å². The highest BCUT2D eigenvalue weighted by atomic mass is 79.9. The van der Waals surface area contributed by atoms with Gasteiger partial charge in [0, 0.05) is 4.47 Å². The van der Waals surface area contributed by atoms with Gasteiger partial charge in [0.05, 0.1) is 10.8 Å². The second kappa shape index (κ2) is 7.95. The molecule has 118 valence electrons. The van der Waals surface area contributed by atoms with Crippen molar-refractivity contribution in [2.45, 2.75) is 23.2 Å². The molecule has 2 rings (SSSR count). The minimum Gasteiger partial charge on any atom is -0.496 e. The zero-order valence-electron chi connectivity index (χ0n) is 12.3. The van der Waals surface area contributed by atoms with Crippen molar-refractivity contribution in [2.24, 2.45) is 0 Å². The van der Waals surface area contributed by atoms with Crippen molar-refractivity contribution in [3.05, 3.63) is 63.1 Å². The Morgan fingerprint density at radius 3 is 2.32 bits per heavy atom. The van der Waals surface area contributed by atoms with E-state index in [2.05, 4.69) is 54.7 Å². The maximum Gasteiger partial charge on any atom is 0.122 e. The molecule has 1 N–H and O–H groups in total. The van der Waals surface area contributed by atoms with E-state index >= 15 is 0 Å². The number of ether oxygens (including phenoxy) is 1. The van der Waals surface area contributed by atoms with Crippen LogP contribution < -0.4 is 4.74 Å². The van der Waals surface area contributed by atoms with Gasteiger partial charge in [-0.3, -0.25) is 0 Å². The van der Waals surface area contributed by atoms with Gasteiger partial charge >= 0.3 is 0 Å². The molecule has 0 aromatic heterocycles. The summed E-state index contributed by atoms with van der Waals surface area (Å²) in [5, 5.41) is 10.7. The van der Waals surface area contributed by atoms with Crippen LogP contribution in [-0.2, 0) is 6.42 Å². The maximum absolute atomic E-state index is 10.7. The van der Waals surface area contributed by atoms with E-state index in [0.717, 1.165) is 38.9 Å². The molecule has 1 unspecified atom stereocenters. The Bertz CT molecular complexity index is 656. The molecular formula is C17H17Br3O2. The second-order valence-electron chi connectivity index (χ2n) is 4.91. The highest BCUT2D eigenvalue weighted by molar-refractivity contribution is 9.24. The minimum absolute atomic E-state index is 0.0893. The highest BCUT2D eigenvalue weighted by Crippen LogP contribution is 2.36. The topological polar surface area (TPSA) is 29.5 Å². The van der Waals surface area contributed by atoms with Gasteiger partial charge in [-0.2, -0.15) is 0 Å². The van der Waals surface area contributed by atoms with Gasteiger partial charge in [0.15, 0.2) is 0 Å². The number of alkyl halides is 2. The highest BCUT2D eigenvalue weighted by Gasteiger charge is 2.17. The lowest BCUT2D eigenvalue weighted by Crippen LogP contribution is -2.03. The average molecular weight is 493 g/mol. The molecule has 5 heteroatoms. The first-order valence-corrected chi connectivity index (χ1v) is 9.52. The number of aryl methyl sites for hydroxylation is 1. The van der Waals surface area contributed by atoms with Crippen LogP contribution in [-0.4, -0.2) is 12.2 Å². The molecule has 0 spiro atoms. The van der Waals surface area contributed by atoms with E-state index in [4.69, 9.17) is 4.74 Å².